The van der Waals surface area contributed by atoms with Gasteiger partial charge in [0.25, 0.3) is 0 Å². The Kier molecular flexibility index (Phi) is 6.71. The standard InChI is InChI=1S/C20H24N2O5S2/c23-20(16-28(24,25)15-17-7-3-1-4-8-17)21-18-9-11-19(12-10-18)29(26,27)22-13-5-2-6-14-22/h1,3-4,7-12H,2,5-6,13-16H2,(H,21,23). The van der Waals surface area contributed by atoms with Crippen LogP contribution in [0.15, 0.2) is 59.5 Å². The molecular formula is C20H24N2O5S2. The highest BCUT2D eigenvalue weighted by Crippen LogP contribution is 2.22. The summed E-state index contributed by atoms with van der Waals surface area (Å²) in [7, 11) is -7.16. The van der Waals surface area contributed by atoms with E-state index in [1.165, 1.54) is 28.6 Å². The van der Waals surface area contributed by atoms with Crippen molar-refractivity contribution in [2.24, 2.45) is 0 Å². The van der Waals surface area contributed by atoms with E-state index in [4.69, 9.17) is 0 Å². The molecule has 0 aromatic heterocycles. The fourth-order valence-electron chi connectivity index (χ4n) is 3.24. The molecule has 0 atom stereocenters. The number of piperidine rings is 1. The highest BCUT2D eigenvalue weighted by Gasteiger charge is 2.25. The smallest absolute Gasteiger partial charge is 0.243 e. The van der Waals surface area contributed by atoms with Crippen molar-refractivity contribution in [2.75, 3.05) is 24.2 Å². The third kappa shape index (κ3) is 5.88. The lowest BCUT2D eigenvalue weighted by Crippen LogP contribution is -2.35. The van der Waals surface area contributed by atoms with Crippen molar-refractivity contribution in [3.63, 3.8) is 0 Å². The number of hydrogen-bond acceptors (Lipinski definition) is 5. The number of benzene rings is 2. The topological polar surface area (TPSA) is 101 Å². The van der Waals surface area contributed by atoms with Gasteiger partial charge in [0.15, 0.2) is 9.84 Å². The molecule has 2 aromatic carbocycles. The highest BCUT2D eigenvalue weighted by molar-refractivity contribution is 7.91. The van der Waals surface area contributed by atoms with Gasteiger partial charge in [0, 0.05) is 18.8 Å². The molecule has 0 spiro atoms. The van der Waals surface area contributed by atoms with Crippen LogP contribution >= 0.6 is 0 Å². The second-order valence-electron chi connectivity index (χ2n) is 7.06. The summed E-state index contributed by atoms with van der Waals surface area (Å²) in [5, 5.41) is 2.52. The summed E-state index contributed by atoms with van der Waals surface area (Å²) >= 11 is 0. The van der Waals surface area contributed by atoms with Crippen LogP contribution in [0.3, 0.4) is 0 Å². The van der Waals surface area contributed by atoms with Gasteiger partial charge < -0.3 is 5.32 Å². The lowest BCUT2D eigenvalue weighted by molar-refractivity contribution is -0.113. The van der Waals surface area contributed by atoms with E-state index in [-0.39, 0.29) is 10.6 Å². The Labute approximate surface area is 171 Å². The second kappa shape index (κ2) is 9.06. The molecule has 1 saturated heterocycles. The molecule has 0 unspecified atom stereocenters. The molecule has 0 bridgehead atoms. The van der Waals surface area contributed by atoms with Gasteiger partial charge in [0.2, 0.25) is 15.9 Å². The van der Waals surface area contributed by atoms with Gasteiger partial charge in [0.1, 0.15) is 5.75 Å². The Morgan fingerprint density at radius 3 is 2.10 bits per heavy atom. The van der Waals surface area contributed by atoms with E-state index in [2.05, 4.69) is 5.32 Å². The number of amides is 1. The summed E-state index contributed by atoms with van der Waals surface area (Å²) in [5.41, 5.74) is 0.968. The monoisotopic (exact) mass is 436 g/mol. The van der Waals surface area contributed by atoms with Crippen LogP contribution in [0.5, 0.6) is 0 Å². The third-order valence-corrected chi connectivity index (χ3v) is 8.06. The first-order valence-electron chi connectivity index (χ1n) is 9.41. The van der Waals surface area contributed by atoms with E-state index < -0.39 is 31.5 Å². The first kappa shape index (κ1) is 21.5. The summed E-state index contributed by atoms with van der Waals surface area (Å²) < 4.78 is 51.2. The molecular weight excluding hydrogens is 412 g/mol. The van der Waals surface area contributed by atoms with Gasteiger partial charge in [-0.15, -0.1) is 0 Å². The maximum atomic E-state index is 12.6. The number of sulfonamides is 1. The van der Waals surface area contributed by atoms with E-state index in [0.29, 0.717) is 24.3 Å². The minimum absolute atomic E-state index is 0.161. The molecule has 1 aliphatic rings. The average Bonchev–Trinajstić information content (AvgIpc) is 2.69. The molecule has 1 N–H and O–H groups in total. The number of nitrogens with zero attached hydrogens (tertiary/aromatic N) is 1. The lowest BCUT2D eigenvalue weighted by Gasteiger charge is -2.25. The molecule has 0 radical (unpaired) electrons. The Morgan fingerprint density at radius 1 is 0.862 bits per heavy atom. The number of carbonyl (C=O) groups excluding carboxylic acids is 1. The van der Waals surface area contributed by atoms with Gasteiger partial charge in [0.05, 0.1) is 10.6 Å². The van der Waals surface area contributed by atoms with Crippen LogP contribution in [-0.2, 0) is 30.4 Å². The average molecular weight is 437 g/mol. The van der Waals surface area contributed by atoms with Crippen molar-refractivity contribution in [1.82, 2.24) is 4.31 Å². The third-order valence-electron chi connectivity index (χ3n) is 4.67. The predicted octanol–water partition coefficient (Wildman–Crippen LogP) is 2.41. The molecule has 156 valence electrons. The molecule has 7 nitrogen and oxygen atoms in total. The van der Waals surface area contributed by atoms with Crippen LogP contribution in [-0.4, -0.2) is 45.9 Å². The number of carbonyl (C=O) groups is 1. The SMILES string of the molecule is O=C(CS(=O)(=O)Cc1ccccc1)Nc1ccc(S(=O)(=O)N2CCCCC2)cc1. The van der Waals surface area contributed by atoms with Crippen molar-refractivity contribution in [3.05, 3.63) is 60.2 Å². The molecule has 1 amide bonds. The summed E-state index contributed by atoms with van der Waals surface area (Å²) in [5.74, 6) is -1.52. The predicted molar refractivity (Wildman–Crippen MR) is 112 cm³/mol. The van der Waals surface area contributed by atoms with Crippen molar-refractivity contribution < 1.29 is 21.6 Å². The van der Waals surface area contributed by atoms with Crippen LogP contribution < -0.4 is 5.32 Å². The van der Waals surface area contributed by atoms with Crippen LogP contribution in [0.1, 0.15) is 24.8 Å². The molecule has 2 aromatic rings. The number of anilines is 1. The largest absolute Gasteiger partial charge is 0.325 e. The van der Waals surface area contributed by atoms with Crippen molar-refractivity contribution in [2.45, 2.75) is 29.9 Å². The number of nitrogens with one attached hydrogen (secondary N) is 1. The number of rotatable bonds is 7. The zero-order chi connectivity index (χ0) is 20.9. The number of hydrogen-bond donors (Lipinski definition) is 1. The number of sulfone groups is 1. The summed E-state index contributed by atoms with van der Waals surface area (Å²) in [6.45, 7) is 1.03. The molecule has 1 aliphatic heterocycles. The zero-order valence-corrected chi connectivity index (χ0v) is 17.6. The fourth-order valence-corrected chi connectivity index (χ4v) is 6.03. The summed E-state index contributed by atoms with van der Waals surface area (Å²) in [4.78, 5) is 12.3. The second-order valence-corrected chi connectivity index (χ2v) is 11.1. The highest BCUT2D eigenvalue weighted by atomic mass is 32.2. The van der Waals surface area contributed by atoms with Crippen LogP contribution in [0.4, 0.5) is 5.69 Å². The van der Waals surface area contributed by atoms with E-state index in [9.17, 15) is 21.6 Å². The Balaban J connectivity index is 1.61. The normalized spacial score (nSPS) is 15.7. The Morgan fingerprint density at radius 2 is 1.48 bits per heavy atom. The maximum absolute atomic E-state index is 12.6. The minimum Gasteiger partial charge on any atom is -0.325 e. The van der Waals surface area contributed by atoms with E-state index in [1.807, 2.05) is 0 Å². The molecule has 1 heterocycles. The van der Waals surface area contributed by atoms with E-state index in [0.717, 1.165) is 19.3 Å². The molecule has 0 aliphatic carbocycles. The zero-order valence-electron chi connectivity index (χ0n) is 16.0. The van der Waals surface area contributed by atoms with Gasteiger partial charge in [-0.25, -0.2) is 16.8 Å². The lowest BCUT2D eigenvalue weighted by atomic mass is 10.2. The Hall–Kier alpha value is -2.23. The first-order valence-corrected chi connectivity index (χ1v) is 12.7. The Bertz CT molecular complexity index is 1040. The van der Waals surface area contributed by atoms with Gasteiger partial charge in [-0.1, -0.05) is 36.8 Å². The van der Waals surface area contributed by atoms with Crippen molar-refractivity contribution in [3.8, 4) is 0 Å². The van der Waals surface area contributed by atoms with Gasteiger partial charge >= 0.3 is 0 Å². The first-order chi connectivity index (χ1) is 13.8. The van der Waals surface area contributed by atoms with Gasteiger partial charge in [-0.3, -0.25) is 4.79 Å². The summed E-state index contributed by atoms with van der Waals surface area (Å²) in [6, 6.07) is 14.5. The van der Waals surface area contributed by atoms with Gasteiger partial charge in [-0.2, -0.15) is 4.31 Å². The molecule has 29 heavy (non-hydrogen) atoms. The van der Waals surface area contributed by atoms with E-state index in [1.54, 1.807) is 30.3 Å². The quantitative estimate of drug-likeness (QED) is 0.718. The van der Waals surface area contributed by atoms with Crippen LogP contribution in [0, 0.1) is 0 Å². The molecule has 0 saturated carbocycles. The van der Waals surface area contributed by atoms with Crippen molar-refractivity contribution in [1.29, 1.82) is 0 Å². The van der Waals surface area contributed by atoms with E-state index >= 15 is 0 Å². The molecule has 3 rings (SSSR count). The maximum Gasteiger partial charge on any atom is 0.243 e. The van der Waals surface area contributed by atoms with Gasteiger partial charge in [-0.05, 0) is 42.7 Å². The van der Waals surface area contributed by atoms with Crippen molar-refractivity contribution >= 4 is 31.5 Å². The molecule has 9 heteroatoms. The summed E-state index contributed by atoms with van der Waals surface area (Å²) in [6.07, 6.45) is 2.74. The minimum atomic E-state index is -3.61. The fraction of sp³-hybridized carbons (Fsp3) is 0.350. The molecule has 1 fully saturated rings. The van der Waals surface area contributed by atoms with Crippen LogP contribution in [0.25, 0.3) is 0 Å². The van der Waals surface area contributed by atoms with Crippen LogP contribution in [0.2, 0.25) is 0 Å².